The second-order valence-corrected chi connectivity index (χ2v) is 4.17. The van der Waals surface area contributed by atoms with Crippen molar-refractivity contribution in [2.24, 2.45) is 0 Å². The molecule has 16 heavy (non-hydrogen) atoms. The quantitative estimate of drug-likeness (QED) is 0.779. The second-order valence-electron chi connectivity index (χ2n) is 3.65. The Kier molecular flexibility index (Phi) is 4.80. The summed E-state index contributed by atoms with van der Waals surface area (Å²) in [5, 5.41) is 2.79. The van der Waals surface area contributed by atoms with Gasteiger partial charge >= 0.3 is 0 Å². The van der Waals surface area contributed by atoms with Crippen molar-refractivity contribution in [1.29, 1.82) is 0 Å². The smallest absolute Gasteiger partial charge is 0.254 e. The second kappa shape index (κ2) is 5.89. The number of benzene rings is 1. The van der Waals surface area contributed by atoms with Gasteiger partial charge in [-0.05, 0) is 31.0 Å². The first kappa shape index (κ1) is 13.0. The van der Waals surface area contributed by atoms with E-state index >= 15 is 0 Å². The van der Waals surface area contributed by atoms with Crippen LogP contribution < -0.4 is 5.32 Å². The first-order chi connectivity index (χ1) is 7.58. The van der Waals surface area contributed by atoms with Crippen molar-refractivity contribution in [3.63, 3.8) is 0 Å². The highest BCUT2D eigenvalue weighted by molar-refractivity contribution is 7.80. The van der Waals surface area contributed by atoms with Crippen LogP contribution in [0.5, 0.6) is 0 Å². The maximum absolute atomic E-state index is 13.4. The van der Waals surface area contributed by atoms with Gasteiger partial charge in [0.15, 0.2) is 0 Å². The number of carbonyl (C=O) groups is 1. The molecule has 1 amide bonds. The minimum Gasteiger partial charge on any atom is -0.349 e. The molecule has 0 saturated carbocycles. The lowest BCUT2D eigenvalue weighted by atomic mass is 10.1. The molecule has 1 aromatic carbocycles. The van der Waals surface area contributed by atoms with E-state index in [-0.39, 0.29) is 17.5 Å². The van der Waals surface area contributed by atoms with Gasteiger partial charge in [-0.3, -0.25) is 4.79 Å². The molecule has 0 bridgehead atoms. The molecule has 0 heterocycles. The number of thiol groups is 1. The van der Waals surface area contributed by atoms with Crippen LogP contribution in [0.15, 0.2) is 23.1 Å². The van der Waals surface area contributed by atoms with Crippen LogP contribution in [0.4, 0.5) is 4.39 Å². The highest BCUT2D eigenvalue weighted by Gasteiger charge is 2.14. The molecule has 0 aliphatic heterocycles. The summed E-state index contributed by atoms with van der Waals surface area (Å²) in [5.41, 5.74) is 0.0550. The average molecular weight is 241 g/mol. The van der Waals surface area contributed by atoms with Crippen LogP contribution in [0, 0.1) is 5.82 Å². The minimum atomic E-state index is -0.513. The molecule has 0 saturated heterocycles. The van der Waals surface area contributed by atoms with Crippen LogP contribution in [0.3, 0.4) is 0 Å². The monoisotopic (exact) mass is 241 g/mol. The van der Waals surface area contributed by atoms with Crippen molar-refractivity contribution in [1.82, 2.24) is 5.32 Å². The Balaban J connectivity index is 2.83. The third-order valence-corrected chi connectivity index (χ3v) is 2.79. The number of nitrogens with one attached hydrogen (secondary N) is 1. The summed E-state index contributed by atoms with van der Waals surface area (Å²) in [6, 6.07) is 4.31. The molecule has 4 heteroatoms. The summed E-state index contributed by atoms with van der Waals surface area (Å²) in [7, 11) is 0. The molecule has 2 nitrogen and oxygen atoms in total. The van der Waals surface area contributed by atoms with Gasteiger partial charge in [0, 0.05) is 10.9 Å². The largest absolute Gasteiger partial charge is 0.349 e. The SMILES string of the molecule is CCC(CC)NC(=O)c1cc(S)ccc1F. The van der Waals surface area contributed by atoms with Gasteiger partial charge in [0.05, 0.1) is 5.56 Å². The molecule has 0 radical (unpaired) electrons. The van der Waals surface area contributed by atoms with Crippen LogP contribution in [0.2, 0.25) is 0 Å². The number of carbonyl (C=O) groups excluding carboxylic acids is 1. The zero-order valence-corrected chi connectivity index (χ0v) is 10.4. The van der Waals surface area contributed by atoms with Crippen LogP contribution in [-0.2, 0) is 0 Å². The van der Waals surface area contributed by atoms with Crippen molar-refractivity contribution in [2.45, 2.75) is 37.6 Å². The number of halogens is 1. The van der Waals surface area contributed by atoms with E-state index in [1.807, 2.05) is 13.8 Å². The van der Waals surface area contributed by atoms with E-state index < -0.39 is 5.82 Å². The highest BCUT2D eigenvalue weighted by atomic mass is 32.1. The van der Waals surface area contributed by atoms with E-state index in [0.29, 0.717) is 4.90 Å². The molecule has 1 aromatic rings. The number of amides is 1. The molecule has 0 aromatic heterocycles. The molecule has 0 fully saturated rings. The van der Waals surface area contributed by atoms with E-state index in [2.05, 4.69) is 17.9 Å². The summed E-state index contributed by atoms with van der Waals surface area (Å²) in [5.74, 6) is -0.886. The molecule has 1 rings (SSSR count). The first-order valence-electron chi connectivity index (χ1n) is 5.37. The van der Waals surface area contributed by atoms with Gasteiger partial charge < -0.3 is 5.32 Å². The van der Waals surface area contributed by atoms with Gasteiger partial charge in [-0.25, -0.2) is 4.39 Å². The maximum atomic E-state index is 13.4. The standard InChI is InChI=1S/C12H16FNOS/c1-3-8(4-2)14-12(15)10-7-9(16)5-6-11(10)13/h5-8,16H,3-4H2,1-2H3,(H,14,15). The molecular weight excluding hydrogens is 225 g/mol. The van der Waals surface area contributed by atoms with E-state index in [0.717, 1.165) is 12.8 Å². The van der Waals surface area contributed by atoms with Gasteiger partial charge in [-0.1, -0.05) is 13.8 Å². The van der Waals surface area contributed by atoms with Crippen molar-refractivity contribution >= 4 is 18.5 Å². The summed E-state index contributed by atoms with van der Waals surface area (Å²) >= 11 is 4.09. The average Bonchev–Trinajstić information content (AvgIpc) is 2.28. The zero-order chi connectivity index (χ0) is 12.1. The maximum Gasteiger partial charge on any atom is 0.254 e. The lowest BCUT2D eigenvalue weighted by Crippen LogP contribution is -2.34. The molecule has 0 spiro atoms. The topological polar surface area (TPSA) is 29.1 Å². The summed E-state index contributed by atoms with van der Waals surface area (Å²) in [6.07, 6.45) is 1.68. The van der Waals surface area contributed by atoms with Crippen LogP contribution in [0.1, 0.15) is 37.0 Å². The summed E-state index contributed by atoms with van der Waals surface area (Å²) in [6.45, 7) is 3.97. The molecule has 1 N–H and O–H groups in total. The Morgan fingerprint density at radius 3 is 2.62 bits per heavy atom. The van der Waals surface area contributed by atoms with Gasteiger partial charge in [-0.2, -0.15) is 0 Å². The fraction of sp³-hybridized carbons (Fsp3) is 0.417. The fourth-order valence-corrected chi connectivity index (χ4v) is 1.65. The molecule has 0 aliphatic carbocycles. The van der Waals surface area contributed by atoms with Gasteiger partial charge in [0.1, 0.15) is 5.82 Å². The van der Waals surface area contributed by atoms with E-state index in [9.17, 15) is 9.18 Å². The van der Waals surface area contributed by atoms with Gasteiger partial charge in [-0.15, -0.1) is 12.6 Å². The predicted molar refractivity (Wildman–Crippen MR) is 65.5 cm³/mol. The number of hydrogen-bond donors (Lipinski definition) is 2. The predicted octanol–water partition coefficient (Wildman–Crippen LogP) is 3.03. The molecular formula is C12H16FNOS. The van der Waals surface area contributed by atoms with Crippen molar-refractivity contribution < 1.29 is 9.18 Å². The van der Waals surface area contributed by atoms with E-state index in [1.54, 1.807) is 0 Å². The molecule has 88 valence electrons. The Morgan fingerprint density at radius 1 is 1.44 bits per heavy atom. The van der Waals surface area contributed by atoms with E-state index in [4.69, 9.17) is 0 Å². The Labute approximate surface area is 101 Å². The molecule has 0 aliphatic rings. The van der Waals surface area contributed by atoms with Crippen molar-refractivity contribution in [2.75, 3.05) is 0 Å². The van der Waals surface area contributed by atoms with Crippen LogP contribution >= 0.6 is 12.6 Å². The Morgan fingerprint density at radius 2 is 2.06 bits per heavy atom. The van der Waals surface area contributed by atoms with E-state index in [1.165, 1.54) is 18.2 Å². The summed E-state index contributed by atoms with van der Waals surface area (Å²) in [4.78, 5) is 12.3. The molecule has 0 unspecified atom stereocenters. The number of hydrogen-bond acceptors (Lipinski definition) is 2. The molecule has 0 atom stereocenters. The Hall–Kier alpha value is -1.03. The summed E-state index contributed by atoms with van der Waals surface area (Å²) < 4.78 is 13.4. The zero-order valence-electron chi connectivity index (χ0n) is 9.46. The Bertz CT molecular complexity index is 377. The lowest BCUT2D eigenvalue weighted by Gasteiger charge is -2.15. The normalized spacial score (nSPS) is 10.6. The van der Waals surface area contributed by atoms with Gasteiger partial charge in [0.25, 0.3) is 5.91 Å². The van der Waals surface area contributed by atoms with Crippen LogP contribution in [-0.4, -0.2) is 11.9 Å². The third kappa shape index (κ3) is 3.23. The number of rotatable bonds is 4. The van der Waals surface area contributed by atoms with Crippen molar-refractivity contribution in [3.05, 3.63) is 29.6 Å². The fourth-order valence-electron chi connectivity index (χ4n) is 1.44. The minimum absolute atomic E-state index is 0.0550. The highest BCUT2D eigenvalue weighted by Crippen LogP contribution is 2.14. The van der Waals surface area contributed by atoms with Crippen molar-refractivity contribution in [3.8, 4) is 0 Å². The third-order valence-electron chi connectivity index (χ3n) is 2.52. The van der Waals surface area contributed by atoms with Gasteiger partial charge in [0.2, 0.25) is 0 Å². The van der Waals surface area contributed by atoms with Crippen LogP contribution in [0.25, 0.3) is 0 Å². The lowest BCUT2D eigenvalue weighted by molar-refractivity contribution is 0.0930. The first-order valence-corrected chi connectivity index (χ1v) is 5.82.